The zero-order valence-electron chi connectivity index (χ0n) is 17.3. The molecule has 0 aromatic heterocycles. The largest absolute Gasteiger partial charge is 0.356 e. The molecule has 0 spiro atoms. The SMILES string of the molecule is Cc1ccc(Nc2ccc(-c3ccccc3)cc2)cc1C(C)(C)c1ccccc1. The molecule has 0 saturated carbocycles. The van der Waals surface area contributed by atoms with E-state index in [1.54, 1.807) is 0 Å². The molecule has 0 bridgehead atoms. The zero-order chi connectivity index (χ0) is 20.3. The van der Waals surface area contributed by atoms with E-state index in [1.807, 2.05) is 6.07 Å². The molecule has 4 aromatic rings. The van der Waals surface area contributed by atoms with Crippen molar-refractivity contribution in [3.05, 3.63) is 120 Å². The number of rotatable bonds is 5. The van der Waals surface area contributed by atoms with E-state index in [9.17, 15) is 0 Å². The van der Waals surface area contributed by atoms with E-state index in [0.717, 1.165) is 11.4 Å². The molecule has 0 atom stereocenters. The maximum atomic E-state index is 3.57. The van der Waals surface area contributed by atoms with Crippen LogP contribution >= 0.6 is 0 Å². The second-order valence-electron chi connectivity index (χ2n) is 8.09. The van der Waals surface area contributed by atoms with E-state index in [-0.39, 0.29) is 5.41 Å². The molecule has 0 unspecified atom stereocenters. The van der Waals surface area contributed by atoms with Crippen LogP contribution < -0.4 is 5.32 Å². The fraction of sp³-hybridized carbons (Fsp3) is 0.143. The van der Waals surface area contributed by atoms with Gasteiger partial charge in [-0.1, -0.05) is 92.7 Å². The van der Waals surface area contributed by atoms with Crippen molar-refractivity contribution < 1.29 is 0 Å². The maximum absolute atomic E-state index is 3.57. The molecule has 0 aliphatic heterocycles. The summed E-state index contributed by atoms with van der Waals surface area (Å²) in [5.41, 5.74) is 8.59. The van der Waals surface area contributed by atoms with Gasteiger partial charge in [0.25, 0.3) is 0 Å². The van der Waals surface area contributed by atoms with Crippen molar-refractivity contribution in [1.82, 2.24) is 0 Å². The number of nitrogens with one attached hydrogen (secondary N) is 1. The number of anilines is 2. The fourth-order valence-electron chi connectivity index (χ4n) is 3.93. The molecule has 0 aliphatic rings. The molecule has 0 heterocycles. The maximum Gasteiger partial charge on any atom is 0.0387 e. The Morgan fingerprint density at radius 3 is 1.79 bits per heavy atom. The minimum absolute atomic E-state index is 0.0554. The molecular weight excluding hydrogens is 350 g/mol. The van der Waals surface area contributed by atoms with Gasteiger partial charge in [0.15, 0.2) is 0 Å². The first kappa shape index (κ1) is 19.0. The van der Waals surface area contributed by atoms with Crippen LogP contribution in [0.15, 0.2) is 103 Å². The van der Waals surface area contributed by atoms with Crippen molar-refractivity contribution in [2.75, 3.05) is 5.32 Å². The van der Waals surface area contributed by atoms with E-state index in [2.05, 4.69) is 123 Å². The van der Waals surface area contributed by atoms with Gasteiger partial charge in [-0.05, 0) is 59.0 Å². The molecule has 1 heteroatoms. The smallest absolute Gasteiger partial charge is 0.0387 e. The molecule has 0 saturated heterocycles. The lowest BCUT2D eigenvalue weighted by atomic mass is 9.76. The molecule has 0 aliphatic carbocycles. The summed E-state index contributed by atoms with van der Waals surface area (Å²) in [6.07, 6.45) is 0. The summed E-state index contributed by atoms with van der Waals surface area (Å²) in [5.74, 6) is 0. The van der Waals surface area contributed by atoms with Crippen LogP contribution in [0.5, 0.6) is 0 Å². The van der Waals surface area contributed by atoms with Gasteiger partial charge in [-0.2, -0.15) is 0 Å². The Morgan fingerprint density at radius 1 is 0.586 bits per heavy atom. The minimum Gasteiger partial charge on any atom is -0.356 e. The highest BCUT2D eigenvalue weighted by Crippen LogP contribution is 2.35. The van der Waals surface area contributed by atoms with Crippen LogP contribution in [0.2, 0.25) is 0 Å². The molecule has 29 heavy (non-hydrogen) atoms. The predicted molar refractivity (Wildman–Crippen MR) is 125 cm³/mol. The van der Waals surface area contributed by atoms with Gasteiger partial charge in [-0.25, -0.2) is 0 Å². The normalized spacial score (nSPS) is 11.3. The second-order valence-corrected chi connectivity index (χ2v) is 8.09. The Morgan fingerprint density at radius 2 is 1.14 bits per heavy atom. The van der Waals surface area contributed by atoms with Gasteiger partial charge in [0.05, 0.1) is 0 Å². The van der Waals surface area contributed by atoms with Gasteiger partial charge < -0.3 is 5.32 Å². The third-order valence-electron chi connectivity index (χ3n) is 5.69. The lowest BCUT2D eigenvalue weighted by Gasteiger charge is -2.28. The molecule has 0 amide bonds. The Hall–Kier alpha value is -3.32. The van der Waals surface area contributed by atoms with Crippen molar-refractivity contribution >= 4 is 11.4 Å². The molecule has 0 fully saturated rings. The van der Waals surface area contributed by atoms with Gasteiger partial charge in [0.1, 0.15) is 0 Å². The van der Waals surface area contributed by atoms with Crippen LogP contribution in [0.3, 0.4) is 0 Å². The van der Waals surface area contributed by atoms with Crippen molar-refractivity contribution in [2.45, 2.75) is 26.2 Å². The molecule has 1 nitrogen and oxygen atoms in total. The molecule has 144 valence electrons. The zero-order valence-corrected chi connectivity index (χ0v) is 17.3. The van der Waals surface area contributed by atoms with E-state index in [1.165, 1.54) is 27.8 Å². The summed E-state index contributed by atoms with van der Waals surface area (Å²) >= 11 is 0. The number of aryl methyl sites for hydroxylation is 1. The Bertz CT molecular complexity index is 1080. The van der Waals surface area contributed by atoms with Gasteiger partial charge >= 0.3 is 0 Å². The first-order valence-electron chi connectivity index (χ1n) is 10.1. The minimum atomic E-state index is -0.0554. The first-order valence-corrected chi connectivity index (χ1v) is 10.1. The van der Waals surface area contributed by atoms with E-state index in [4.69, 9.17) is 0 Å². The summed E-state index contributed by atoms with van der Waals surface area (Å²) in [5, 5.41) is 3.57. The third-order valence-corrected chi connectivity index (χ3v) is 5.69. The lowest BCUT2D eigenvalue weighted by Crippen LogP contribution is -2.20. The molecular formula is C28H27N. The fourth-order valence-corrected chi connectivity index (χ4v) is 3.93. The van der Waals surface area contributed by atoms with Crippen LogP contribution in [0, 0.1) is 6.92 Å². The van der Waals surface area contributed by atoms with Gasteiger partial charge in [0.2, 0.25) is 0 Å². The van der Waals surface area contributed by atoms with Gasteiger partial charge in [0, 0.05) is 16.8 Å². The van der Waals surface area contributed by atoms with Crippen LogP contribution in [0.25, 0.3) is 11.1 Å². The van der Waals surface area contributed by atoms with Gasteiger partial charge in [-0.3, -0.25) is 0 Å². The highest BCUT2D eigenvalue weighted by Gasteiger charge is 2.24. The molecule has 0 radical (unpaired) electrons. The van der Waals surface area contributed by atoms with Crippen LogP contribution in [-0.4, -0.2) is 0 Å². The van der Waals surface area contributed by atoms with E-state index in [0.29, 0.717) is 0 Å². The lowest BCUT2D eigenvalue weighted by molar-refractivity contribution is 0.636. The molecule has 1 N–H and O–H groups in total. The quantitative estimate of drug-likeness (QED) is 0.375. The predicted octanol–water partition coefficient (Wildman–Crippen LogP) is 7.73. The Kier molecular flexibility index (Phi) is 5.22. The summed E-state index contributed by atoms with van der Waals surface area (Å²) in [6.45, 7) is 6.78. The molecule has 4 rings (SSSR count). The number of hydrogen-bond donors (Lipinski definition) is 1. The summed E-state index contributed by atoms with van der Waals surface area (Å²) in [4.78, 5) is 0. The van der Waals surface area contributed by atoms with Crippen molar-refractivity contribution in [3.8, 4) is 11.1 Å². The number of benzene rings is 4. The monoisotopic (exact) mass is 377 g/mol. The second kappa shape index (κ2) is 7.97. The molecule has 4 aromatic carbocycles. The summed E-state index contributed by atoms with van der Waals surface area (Å²) < 4.78 is 0. The highest BCUT2D eigenvalue weighted by atomic mass is 14.9. The highest BCUT2D eigenvalue weighted by molar-refractivity contribution is 5.69. The van der Waals surface area contributed by atoms with E-state index >= 15 is 0 Å². The standard InChI is InChI=1S/C28H27N/c1-21-14-17-26(20-27(21)28(2,3)24-12-8-5-9-13-24)29-25-18-15-23(16-19-25)22-10-6-4-7-11-22/h4-20,29H,1-3H3. The third kappa shape index (κ3) is 4.09. The first-order chi connectivity index (χ1) is 14.0. The Labute approximate surface area is 174 Å². The average Bonchev–Trinajstić information content (AvgIpc) is 2.77. The van der Waals surface area contributed by atoms with Crippen molar-refractivity contribution in [1.29, 1.82) is 0 Å². The average molecular weight is 378 g/mol. The topological polar surface area (TPSA) is 12.0 Å². The van der Waals surface area contributed by atoms with Crippen molar-refractivity contribution in [2.24, 2.45) is 0 Å². The Balaban J connectivity index is 1.60. The van der Waals surface area contributed by atoms with E-state index < -0.39 is 0 Å². The van der Waals surface area contributed by atoms with Gasteiger partial charge in [-0.15, -0.1) is 0 Å². The summed E-state index contributed by atoms with van der Waals surface area (Å²) in [7, 11) is 0. The van der Waals surface area contributed by atoms with Crippen LogP contribution in [0.1, 0.15) is 30.5 Å². The summed E-state index contributed by atoms with van der Waals surface area (Å²) in [6, 6.07) is 36.5. The van der Waals surface area contributed by atoms with Crippen LogP contribution in [-0.2, 0) is 5.41 Å². The van der Waals surface area contributed by atoms with Crippen LogP contribution in [0.4, 0.5) is 11.4 Å². The number of hydrogen-bond acceptors (Lipinski definition) is 1. The van der Waals surface area contributed by atoms with Crippen molar-refractivity contribution in [3.63, 3.8) is 0 Å².